The van der Waals surface area contributed by atoms with Crippen LogP contribution in [0.1, 0.15) is 16.7 Å². The first-order valence-corrected chi connectivity index (χ1v) is 16.8. The second kappa shape index (κ2) is 11.4. The van der Waals surface area contributed by atoms with Gasteiger partial charge in [0.05, 0.1) is 0 Å². The van der Waals surface area contributed by atoms with Crippen molar-refractivity contribution in [2.24, 2.45) is 4.99 Å². The maximum absolute atomic E-state index is 6.38. The number of benzene rings is 2. The second-order valence-electron chi connectivity index (χ2n) is 6.28. The predicted molar refractivity (Wildman–Crippen MR) is 130 cm³/mol. The third-order valence-corrected chi connectivity index (χ3v) is 9.34. The first-order valence-electron chi connectivity index (χ1n) is 9.06. The molecule has 1 aliphatic carbocycles. The summed E-state index contributed by atoms with van der Waals surface area (Å²) in [6, 6.07) is 14.8. The molecular formula is C21H24Cl2N3RuS2-. The van der Waals surface area contributed by atoms with Crippen LogP contribution >= 0.6 is 43.3 Å². The van der Waals surface area contributed by atoms with Crippen LogP contribution in [0.2, 0.25) is 0 Å². The Morgan fingerprint density at radius 3 is 2.17 bits per heavy atom. The molecule has 2 aliphatic rings. The Bertz CT molecular complexity index is 907. The maximum Gasteiger partial charge on any atom is -0.00595 e. The summed E-state index contributed by atoms with van der Waals surface area (Å²) < 4.78 is 5.62. The van der Waals surface area contributed by atoms with E-state index < -0.39 is 13.5 Å². The summed E-state index contributed by atoms with van der Waals surface area (Å²) in [7, 11) is 14.6. The first kappa shape index (κ1) is 23.5. The van der Waals surface area contributed by atoms with Crippen LogP contribution < -0.4 is 0 Å². The van der Waals surface area contributed by atoms with Crippen LogP contribution in [0.5, 0.6) is 0 Å². The Morgan fingerprint density at radius 1 is 1.00 bits per heavy atom. The van der Waals surface area contributed by atoms with E-state index >= 15 is 0 Å². The molecule has 2 aromatic rings. The second-order valence-corrected chi connectivity index (χ2v) is 13.7. The van der Waals surface area contributed by atoms with E-state index in [-0.39, 0.29) is 0 Å². The SMILES string of the molecule is CN=CCc1cccc2c1[C](=[Ru]([Cl])[Cl])c1ccccc1-2.CSN1[CH-]N(SC)CC1. The molecule has 29 heavy (non-hydrogen) atoms. The number of fused-ring (bicyclic) bond motifs is 3. The van der Waals surface area contributed by atoms with Crippen molar-refractivity contribution in [3.8, 4) is 11.1 Å². The molecule has 2 aromatic carbocycles. The third-order valence-electron chi connectivity index (χ3n) is 4.71. The van der Waals surface area contributed by atoms with Crippen molar-refractivity contribution in [3.63, 3.8) is 0 Å². The topological polar surface area (TPSA) is 18.8 Å². The van der Waals surface area contributed by atoms with Crippen LogP contribution in [0.15, 0.2) is 47.5 Å². The average molecular weight is 555 g/mol. The van der Waals surface area contributed by atoms with Crippen LogP contribution in [-0.2, 0) is 19.9 Å². The van der Waals surface area contributed by atoms with Gasteiger partial charge in [0.2, 0.25) is 0 Å². The largest absolute Gasteiger partial charge is 0.386 e. The number of nitrogens with zero attached hydrogens (tertiary/aromatic N) is 3. The van der Waals surface area contributed by atoms with E-state index in [1.165, 1.54) is 27.8 Å². The van der Waals surface area contributed by atoms with E-state index in [0.29, 0.717) is 0 Å². The molecule has 0 spiro atoms. The van der Waals surface area contributed by atoms with Crippen LogP contribution in [-0.4, -0.2) is 51.6 Å². The summed E-state index contributed by atoms with van der Waals surface area (Å²) in [5.41, 5.74) is 6.18. The molecule has 1 heterocycles. The maximum atomic E-state index is 6.38. The van der Waals surface area contributed by atoms with Crippen LogP contribution in [0.3, 0.4) is 0 Å². The Labute approximate surface area is 195 Å². The van der Waals surface area contributed by atoms with Gasteiger partial charge in [0.15, 0.2) is 0 Å². The minimum Gasteiger partial charge on any atom is -0.386 e. The smallest absolute Gasteiger partial charge is 0.00595 e. The predicted octanol–water partition coefficient (Wildman–Crippen LogP) is 5.68. The van der Waals surface area contributed by atoms with Crippen molar-refractivity contribution < 1.29 is 13.5 Å². The van der Waals surface area contributed by atoms with E-state index in [0.717, 1.165) is 23.6 Å². The molecule has 0 unspecified atom stereocenters. The van der Waals surface area contributed by atoms with Gasteiger partial charge in [-0.05, 0) is 25.6 Å². The molecule has 1 saturated heterocycles. The summed E-state index contributed by atoms with van der Waals surface area (Å²) in [6.07, 6.45) is 6.93. The normalized spacial score (nSPS) is 16.6. The van der Waals surface area contributed by atoms with Crippen molar-refractivity contribution in [2.45, 2.75) is 6.42 Å². The third kappa shape index (κ3) is 5.54. The molecule has 0 saturated carbocycles. The summed E-state index contributed by atoms with van der Waals surface area (Å²) in [5, 5.41) is 0. The molecule has 8 heteroatoms. The number of halogens is 2. The zero-order valence-electron chi connectivity index (χ0n) is 16.6. The van der Waals surface area contributed by atoms with Crippen LogP contribution in [0.25, 0.3) is 11.1 Å². The van der Waals surface area contributed by atoms with Gasteiger partial charge in [-0.1, -0.05) is 0 Å². The molecule has 0 N–H and O–H groups in total. The summed E-state index contributed by atoms with van der Waals surface area (Å²) in [4.78, 5) is 4.09. The Hall–Kier alpha value is -0.197. The summed E-state index contributed by atoms with van der Waals surface area (Å²) in [6.45, 7) is 4.46. The van der Waals surface area contributed by atoms with Crippen molar-refractivity contribution >= 4 is 53.6 Å². The van der Waals surface area contributed by atoms with E-state index in [9.17, 15) is 0 Å². The number of aliphatic imine (C=N–C) groups is 1. The molecule has 0 atom stereocenters. The number of hydrogen-bond donors (Lipinski definition) is 0. The summed E-state index contributed by atoms with van der Waals surface area (Å²) in [5.74, 6) is 0. The molecule has 3 nitrogen and oxygen atoms in total. The van der Waals surface area contributed by atoms with Crippen molar-refractivity contribution in [3.05, 3.63) is 65.8 Å². The summed E-state index contributed by atoms with van der Waals surface area (Å²) >= 11 is 1.56. The van der Waals surface area contributed by atoms with Gasteiger partial charge in [0.1, 0.15) is 0 Å². The molecule has 0 radical (unpaired) electrons. The average Bonchev–Trinajstić information content (AvgIpc) is 3.35. The van der Waals surface area contributed by atoms with Gasteiger partial charge in [-0.25, -0.2) is 0 Å². The molecule has 158 valence electrons. The fourth-order valence-corrected chi connectivity index (χ4v) is 7.57. The van der Waals surface area contributed by atoms with E-state index in [4.69, 9.17) is 19.4 Å². The van der Waals surface area contributed by atoms with Gasteiger partial charge in [-0.2, -0.15) is 6.67 Å². The molecule has 0 aromatic heterocycles. The monoisotopic (exact) mass is 554 g/mol. The minimum absolute atomic E-state index is 0.812. The van der Waals surface area contributed by atoms with Crippen LogP contribution in [0, 0.1) is 6.67 Å². The quantitative estimate of drug-likeness (QED) is 0.179. The number of hydrogen-bond acceptors (Lipinski definition) is 5. The zero-order valence-corrected chi connectivity index (χ0v) is 21.5. The van der Waals surface area contributed by atoms with Crippen molar-refractivity contribution in [2.75, 3.05) is 32.6 Å². The Morgan fingerprint density at radius 2 is 1.62 bits per heavy atom. The minimum atomic E-state index is -1.99. The van der Waals surface area contributed by atoms with Gasteiger partial charge in [-0.3, -0.25) is 0 Å². The van der Waals surface area contributed by atoms with E-state index in [2.05, 4.69) is 69.2 Å². The first-order chi connectivity index (χ1) is 14.1. The molecule has 1 fully saturated rings. The number of rotatable bonds is 4. The fourth-order valence-electron chi connectivity index (χ4n) is 3.35. The zero-order chi connectivity index (χ0) is 20.8. The molecule has 0 bridgehead atoms. The van der Waals surface area contributed by atoms with Gasteiger partial charge >= 0.3 is 132 Å². The van der Waals surface area contributed by atoms with Crippen LogP contribution in [0.4, 0.5) is 0 Å². The van der Waals surface area contributed by atoms with Gasteiger partial charge < -0.3 is 8.61 Å². The Balaban J connectivity index is 0.000000224. The molecule has 4 rings (SSSR count). The fraction of sp³-hybridized carbons (Fsp3) is 0.286. The Kier molecular flexibility index (Phi) is 9.25. The molecular weight excluding hydrogens is 530 g/mol. The van der Waals surface area contributed by atoms with E-state index in [1.807, 2.05) is 12.3 Å². The van der Waals surface area contributed by atoms with Gasteiger partial charge in [0.25, 0.3) is 0 Å². The van der Waals surface area contributed by atoms with Crippen molar-refractivity contribution in [1.82, 2.24) is 8.61 Å². The molecule has 1 aliphatic heterocycles. The van der Waals surface area contributed by atoms with E-state index in [1.54, 1.807) is 30.9 Å². The van der Waals surface area contributed by atoms with Gasteiger partial charge in [0, 0.05) is 0 Å². The molecule has 0 amide bonds. The van der Waals surface area contributed by atoms with Crippen molar-refractivity contribution in [1.29, 1.82) is 0 Å². The van der Waals surface area contributed by atoms with Gasteiger partial charge in [-0.15, -0.1) is 23.9 Å². The standard InChI is InChI=1S/C16H13N.C5H11N2S2.2ClH.Ru/c1-17-10-9-12-6-4-8-15-14-7-3-2-5-13(14)11-16(12)15;1-8-6-3-4-7(5-6)9-2;;;/h2-8,10H,9H2,1H3;5H,3-4H2,1-2H3;2*1H;/q;-1;;;+2/p-2.